The Hall–Kier alpha value is -2.15. The van der Waals surface area contributed by atoms with Crippen LogP contribution in [0.5, 0.6) is 11.5 Å². The molecule has 24 heavy (non-hydrogen) atoms. The van der Waals surface area contributed by atoms with Gasteiger partial charge in [0.25, 0.3) is 0 Å². The molecule has 0 aliphatic heterocycles. The molecule has 3 aromatic rings. The van der Waals surface area contributed by atoms with Gasteiger partial charge in [-0.1, -0.05) is 18.2 Å². The minimum absolute atomic E-state index is 0.218. The highest BCUT2D eigenvalue weighted by atomic mass is 32.1. The number of hydrogen-bond acceptors (Lipinski definition) is 6. The molecule has 0 spiro atoms. The molecular formula is C18H20N2O3S. The smallest absolute Gasteiger partial charge is 0.188 e. The van der Waals surface area contributed by atoms with Crippen LogP contribution in [0, 0.1) is 0 Å². The van der Waals surface area contributed by atoms with Gasteiger partial charge in [0, 0.05) is 31.1 Å². The quantitative estimate of drug-likeness (QED) is 0.633. The number of rotatable bonds is 8. The van der Waals surface area contributed by atoms with Crippen molar-refractivity contribution in [3.8, 4) is 11.5 Å². The molecule has 2 aromatic carbocycles. The van der Waals surface area contributed by atoms with Gasteiger partial charge in [0.1, 0.15) is 11.5 Å². The fourth-order valence-corrected chi connectivity index (χ4v) is 3.26. The molecule has 0 bridgehead atoms. The van der Waals surface area contributed by atoms with Crippen LogP contribution in [0.2, 0.25) is 0 Å². The van der Waals surface area contributed by atoms with Crippen molar-refractivity contribution >= 4 is 21.6 Å². The van der Waals surface area contributed by atoms with Gasteiger partial charge in [-0.15, -0.1) is 0 Å². The van der Waals surface area contributed by atoms with Gasteiger partial charge in [-0.25, -0.2) is 0 Å². The predicted octanol–water partition coefficient (Wildman–Crippen LogP) is 3.58. The van der Waals surface area contributed by atoms with Crippen molar-refractivity contribution in [3.63, 3.8) is 0 Å². The van der Waals surface area contributed by atoms with E-state index < -0.39 is 0 Å². The molecule has 0 saturated heterocycles. The van der Waals surface area contributed by atoms with Crippen LogP contribution >= 0.6 is 11.5 Å². The maximum atomic E-state index is 5.61. The van der Waals surface area contributed by atoms with Gasteiger partial charge >= 0.3 is 0 Å². The molecule has 1 aromatic heterocycles. The largest absolute Gasteiger partial charge is 0.497 e. The Balaban J connectivity index is 1.69. The van der Waals surface area contributed by atoms with Gasteiger partial charge in [-0.05, 0) is 35.8 Å². The molecule has 126 valence electrons. The Morgan fingerprint density at radius 3 is 2.79 bits per heavy atom. The maximum Gasteiger partial charge on any atom is 0.188 e. The number of nitrogens with zero attached hydrogens (tertiary/aromatic N) is 1. The van der Waals surface area contributed by atoms with Gasteiger partial charge in [0.2, 0.25) is 0 Å². The maximum absolute atomic E-state index is 5.61. The molecule has 3 rings (SSSR count). The second-order valence-corrected chi connectivity index (χ2v) is 6.06. The number of aromatic nitrogens is 1. The van der Waals surface area contributed by atoms with Crippen LogP contribution in [0.15, 0.2) is 42.5 Å². The van der Waals surface area contributed by atoms with E-state index in [-0.39, 0.29) is 6.79 Å². The van der Waals surface area contributed by atoms with E-state index in [0.29, 0.717) is 13.1 Å². The topological polar surface area (TPSA) is 52.6 Å². The molecular weight excluding hydrogens is 324 g/mol. The molecule has 0 saturated carbocycles. The van der Waals surface area contributed by atoms with Crippen LogP contribution in [-0.4, -0.2) is 25.4 Å². The lowest BCUT2D eigenvalue weighted by Crippen LogP contribution is -2.14. The third-order valence-corrected chi connectivity index (χ3v) is 4.52. The first-order chi connectivity index (χ1) is 11.8. The Kier molecular flexibility index (Phi) is 5.63. The lowest BCUT2D eigenvalue weighted by Gasteiger charge is -2.13. The second-order valence-electron chi connectivity index (χ2n) is 5.25. The van der Waals surface area contributed by atoms with Crippen molar-refractivity contribution in [2.75, 3.05) is 21.0 Å². The standard InChI is InChI=1S/C18H20N2O3S/c1-21-12-23-17-8-7-14(22-2)9-13(17)10-19-11-16-15-5-3-4-6-18(15)24-20-16/h3-9,19H,10-12H2,1-2H3. The third-order valence-electron chi connectivity index (χ3n) is 3.66. The van der Waals surface area contributed by atoms with Crippen LogP contribution in [0.4, 0.5) is 0 Å². The van der Waals surface area contributed by atoms with E-state index in [4.69, 9.17) is 14.2 Å². The minimum Gasteiger partial charge on any atom is -0.497 e. The zero-order valence-electron chi connectivity index (χ0n) is 13.7. The summed E-state index contributed by atoms with van der Waals surface area (Å²) < 4.78 is 21.6. The Bertz CT molecular complexity index is 804. The summed E-state index contributed by atoms with van der Waals surface area (Å²) in [6.07, 6.45) is 0. The van der Waals surface area contributed by atoms with Gasteiger partial charge in [-0.3, -0.25) is 0 Å². The Morgan fingerprint density at radius 2 is 1.96 bits per heavy atom. The molecule has 0 amide bonds. The monoisotopic (exact) mass is 344 g/mol. The highest BCUT2D eigenvalue weighted by Crippen LogP contribution is 2.25. The first-order valence-electron chi connectivity index (χ1n) is 7.64. The van der Waals surface area contributed by atoms with Crippen LogP contribution in [0.1, 0.15) is 11.3 Å². The van der Waals surface area contributed by atoms with Crippen molar-refractivity contribution in [2.24, 2.45) is 0 Å². The molecule has 0 atom stereocenters. The van der Waals surface area contributed by atoms with Crippen molar-refractivity contribution in [1.82, 2.24) is 9.69 Å². The Morgan fingerprint density at radius 1 is 1.08 bits per heavy atom. The number of benzene rings is 2. The van der Waals surface area contributed by atoms with Crippen molar-refractivity contribution in [1.29, 1.82) is 0 Å². The van der Waals surface area contributed by atoms with Gasteiger partial charge < -0.3 is 19.5 Å². The van der Waals surface area contributed by atoms with E-state index in [2.05, 4.69) is 21.8 Å². The average molecular weight is 344 g/mol. The summed E-state index contributed by atoms with van der Waals surface area (Å²) in [6.45, 7) is 1.57. The van der Waals surface area contributed by atoms with E-state index in [1.165, 1.54) is 21.6 Å². The first kappa shape index (κ1) is 16.7. The number of hydrogen-bond donors (Lipinski definition) is 1. The van der Waals surface area contributed by atoms with E-state index in [9.17, 15) is 0 Å². The van der Waals surface area contributed by atoms with E-state index >= 15 is 0 Å². The number of nitrogens with one attached hydrogen (secondary N) is 1. The lowest BCUT2D eigenvalue weighted by molar-refractivity contribution is 0.0503. The summed E-state index contributed by atoms with van der Waals surface area (Å²) >= 11 is 1.53. The minimum atomic E-state index is 0.218. The van der Waals surface area contributed by atoms with E-state index in [1.54, 1.807) is 14.2 Å². The summed E-state index contributed by atoms with van der Waals surface area (Å²) in [5, 5.41) is 4.64. The van der Waals surface area contributed by atoms with Gasteiger partial charge in [-0.2, -0.15) is 4.37 Å². The molecule has 0 fully saturated rings. The lowest BCUT2D eigenvalue weighted by atomic mass is 10.1. The predicted molar refractivity (Wildman–Crippen MR) is 95.7 cm³/mol. The fourth-order valence-electron chi connectivity index (χ4n) is 2.47. The highest BCUT2D eigenvalue weighted by Gasteiger charge is 2.08. The molecule has 0 aliphatic rings. The third kappa shape index (κ3) is 3.84. The zero-order chi connectivity index (χ0) is 16.8. The van der Waals surface area contributed by atoms with Crippen molar-refractivity contribution in [3.05, 3.63) is 53.7 Å². The SMILES string of the molecule is COCOc1ccc(OC)cc1CNCc1nsc2ccccc12. The summed E-state index contributed by atoms with van der Waals surface area (Å²) in [5.74, 6) is 1.59. The fraction of sp³-hybridized carbons (Fsp3) is 0.278. The number of methoxy groups -OCH3 is 2. The van der Waals surface area contributed by atoms with E-state index in [0.717, 1.165) is 22.8 Å². The molecule has 0 unspecified atom stereocenters. The van der Waals surface area contributed by atoms with Crippen LogP contribution in [0.25, 0.3) is 10.1 Å². The zero-order valence-corrected chi connectivity index (χ0v) is 14.6. The van der Waals surface area contributed by atoms with Crippen molar-refractivity contribution in [2.45, 2.75) is 13.1 Å². The van der Waals surface area contributed by atoms with Gasteiger partial charge in [0.15, 0.2) is 6.79 Å². The number of fused-ring (bicyclic) bond motifs is 1. The van der Waals surface area contributed by atoms with Crippen LogP contribution in [0.3, 0.4) is 0 Å². The second kappa shape index (κ2) is 8.10. The summed E-state index contributed by atoms with van der Waals surface area (Å²) in [5.41, 5.74) is 2.09. The van der Waals surface area contributed by atoms with Gasteiger partial charge in [0.05, 0.1) is 17.5 Å². The first-order valence-corrected chi connectivity index (χ1v) is 8.42. The van der Waals surface area contributed by atoms with Crippen molar-refractivity contribution < 1.29 is 14.2 Å². The molecule has 0 radical (unpaired) electrons. The molecule has 1 heterocycles. The number of ether oxygens (including phenoxy) is 3. The summed E-state index contributed by atoms with van der Waals surface area (Å²) in [4.78, 5) is 0. The molecule has 1 N–H and O–H groups in total. The van der Waals surface area contributed by atoms with Crippen LogP contribution < -0.4 is 14.8 Å². The highest BCUT2D eigenvalue weighted by molar-refractivity contribution is 7.13. The molecule has 6 heteroatoms. The average Bonchev–Trinajstić information content (AvgIpc) is 3.04. The normalized spacial score (nSPS) is 10.9. The Labute approximate surface area is 145 Å². The molecule has 0 aliphatic carbocycles. The van der Waals surface area contributed by atoms with Crippen LogP contribution in [-0.2, 0) is 17.8 Å². The summed E-state index contributed by atoms with van der Waals surface area (Å²) in [6, 6.07) is 14.0. The van der Waals surface area contributed by atoms with E-state index in [1.807, 2.05) is 30.3 Å². The molecule has 5 nitrogen and oxygen atoms in total. The summed E-state index contributed by atoms with van der Waals surface area (Å²) in [7, 11) is 3.26.